The summed E-state index contributed by atoms with van der Waals surface area (Å²) in [4.78, 5) is 8.64. The SMILES string of the molecule is Nc1nc(-c2ccc(F)c(F)c2)nc2c1CCCC2. The summed E-state index contributed by atoms with van der Waals surface area (Å²) in [5, 5.41) is 0. The van der Waals surface area contributed by atoms with E-state index >= 15 is 0 Å². The van der Waals surface area contributed by atoms with Gasteiger partial charge < -0.3 is 5.73 Å². The van der Waals surface area contributed by atoms with Gasteiger partial charge in [0.2, 0.25) is 0 Å². The summed E-state index contributed by atoms with van der Waals surface area (Å²) < 4.78 is 26.2. The molecule has 2 N–H and O–H groups in total. The Morgan fingerprint density at radius 1 is 1.00 bits per heavy atom. The van der Waals surface area contributed by atoms with Crippen LogP contribution in [0.2, 0.25) is 0 Å². The second-order valence-electron chi connectivity index (χ2n) is 4.69. The Hall–Kier alpha value is -2.04. The summed E-state index contributed by atoms with van der Waals surface area (Å²) in [5.74, 6) is -0.978. The predicted octanol–water partition coefficient (Wildman–Crippen LogP) is 2.88. The first kappa shape index (κ1) is 12.0. The molecule has 1 aliphatic rings. The largest absolute Gasteiger partial charge is 0.383 e. The van der Waals surface area contributed by atoms with Gasteiger partial charge in [-0.2, -0.15) is 0 Å². The standard InChI is InChI=1S/C14H13F2N3/c15-10-6-5-8(7-11(10)16)14-18-12-4-2-1-3-9(12)13(17)19-14/h5-7H,1-4H2,(H2,17,18,19). The molecule has 0 bridgehead atoms. The second-order valence-corrected chi connectivity index (χ2v) is 4.69. The lowest BCUT2D eigenvalue weighted by Crippen LogP contribution is -2.11. The zero-order valence-corrected chi connectivity index (χ0v) is 10.3. The quantitative estimate of drug-likeness (QED) is 0.858. The molecular weight excluding hydrogens is 248 g/mol. The van der Waals surface area contributed by atoms with Crippen LogP contribution in [0.1, 0.15) is 24.1 Å². The van der Waals surface area contributed by atoms with Gasteiger partial charge in [-0.1, -0.05) is 0 Å². The van der Waals surface area contributed by atoms with Crippen molar-refractivity contribution < 1.29 is 8.78 Å². The third kappa shape index (κ3) is 2.16. The molecule has 1 aromatic carbocycles. The van der Waals surface area contributed by atoms with E-state index in [1.165, 1.54) is 6.07 Å². The Balaban J connectivity index is 2.10. The third-order valence-corrected chi connectivity index (χ3v) is 3.39. The molecule has 0 aliphatic heterocycles. The van der Waals surface area contributed by atoms with Gasteiger partial charge in [0.05, 0.1) is 0 Å². The van der Waals surface area contributed by atoms with Gasteiger partial charge in [0, 0.05) is 16.8 Å². The van der Waals surface area contributed by atoms with E-state index in [2.05, 4.69) is 9.97 Å². The minimum absolute atomic E-state index is 0.358. The van der Waals surface area contributed by atoms with Gasteiger partial charge in [-0.3, -0.25) is 0 Å². The lowest BCUT2D eigenvalue weighted by molar-refractivity contribution is 0.509. The van der Waals surface area contributed by atoms with E-state index in [0.29, 0.717) is 17.2 Å². The molecule has 1 aromatic heterocycles. The van der Waals surface area contributed by atoms with Gasteiger partial charge in [-0.25, -0.2) is 18.7 Å². The van der Waals surface area contributed by atoms with E-state index in [9.17, 15) is 8.78 Å². The zero-order valence-electron chi connectivity index (χ0n) is 10.3. The number of nitrogen functional groups attached to an aromatic ring is 1. The summed E-state index contributed by atoms with van der Waals surface area (Å²) in [5.41, 5.74) is 8.30. The fraction of sp³-hybridized carbons (Fsp3) is 0.286. The topological polar surface area (TPSA) is 51.8 Å². The summed E-state index contributed by atoms with van der Waals surface area (Å²) in [6.07, 6.45) is 3.91. The number of aryl methyl sites for hydroxylation is 1. The molecule has 5 heteroatoms. The highest BCUT2D eigenvalue weighted by Crippen LogP contribution is 2.27. The van der Waals surface area contributed by atoms with Gasteiger partial charge in [-0.15, -0.1) is 0 Å². The van der Waals surface area contributed by atoms with Crippen molar-refractivity contribution in [1.29, 1.82) is 0 Å². The number of fused-ring (bicyclic) bond motifs is 1. The normalized spacial score (nSPS) is 14.2. The van der Waals surface area contributed by atoms with Crippen molar-refractivity contribution in [2.24, 2.45) is 0 Å². The van der Waals surface area contributed by atoms with Crippen molar-refractivity contribution in [2.45, 2.75) is 25.7 Å². The van der Waals surface area contributed by atoms with Gasteiger partial charge >= 0.3 is 0 Å². The number of nitrogens with two attached hydrogens (primary N) is 1. The van der Waals surface area contributed by atoms with E-state index < -0.39 is 11.6 Å². The maximum absolute atomic E-state index is 13.2. The van der Waals surface area contributed by atoms with Crippen LogP contribution in [-0.2, 0) is 12.8 Å². The molecule has 19 heavy (non-hydrogen) atoms. The van der Waals surface area contributed by atoms with Crippen LogP contribution in [0, 0.1) is 11.6 Å². The van der Waals surface area contributed by atoms with Crippen molar-refractivity contribution in [1.82, 2.24) is 9.97 Å². The van der Waals surface area contributed by atoms with Crippen LogP contribution in [0.4, 0.5) is 14.6 Å². The van der Waals surface area contributed by atoms with E-state index in [1.54, 1.807) is 0 Å². The molecule has 1 heterocycles. The Bertz CT molecular complexity index is 641. The monoisotopic (exact) mass is 261 g/mol. The van der Waals surface area contributed by atoms with E-state index in [4.69, 9.17) is 5.73 Å². The zero-order chi connectivity index (χ0) is 13.4. The van der Waals surface area contributed by atoms with Crippen LogP contribution in [0.25, 0.3) is 11.4 Å². The molecule has 0 fully saturated rings. The number of rotatable bonds is 1. The Morgan fingerprint density at radius 3 is 2.58 bits per heavy atom. The van der Waals surface area contributed by atoms with Crippen LogP contribution in [-0.4, -0.2) is 9.97 Å². The fourth-order valence-electron chi connectivity index (χ4n) is 2.39. The molecule has 0 radical (unpaired) electrons. The molecule has 0 spiro atoms. The van der Waals surface area contributed by atoms with Crippen LogP contribution in [0.15, 0.2) is 18.2 Å². The molecule has 0 unspecified atom stereocenters. The van der Waals surface area contributed by atoms with Crippen LogP contribution in [0.3, 0.4) is 0 Å². The molecule has 0 atom stereocenters. The van der Waals surface area contributed by atoms with Crippen molar-refractivity contribution in [3.05, 3.63) is 41.1 Å². The highest BCUT2D eigenvalue weighted by molar-refractivity contribution is 5.59. The maximum atomic E-state index is 13.2. The van der Waals surface area contributed by atoms with Gasteiger partial charge in [0.15, 0.2) is 17.5 Å². The molecule has 3 rings (SSSR count). The molecule has 0 saturated carbocycles. The number of anilines is 1. The number of nitrogens with zero attached hydrogens (tertiary/aromatic N) is 2. The first-order valence-corrected chi connectivity index (χ1v) is 6.26. The Kier molecular flexibility index (Phi) is 2.89. The van der Waals surface area contributed by atoms with Crippen LogP contribution < -0.4 is 5.73 Å². The molecule has 0 saturated heterocycles. The van der Waals surface area contributed by atoms with Crippen molar-refractivity contribution >= 4 is 5.82 Å². The first-order chi connectivity index (χ1) is 9.15. The molecule has 0 amide bonds. The van der Waals surface area contributed by atoms with Gasteiger partial charge in [0.1, 0.15) is 5.82 Å². The van der Waals surface area contributed by atoms with E-state index in [-0.39, 0.29) is 0 Å². The third-order valence-electron chi connectivity index (χ3n) is 3.39. The Labute approximate surface area is 109 Å². The Morgan fingerprint density at radius 2 is 1.79 bits per heavy atom. The summed E-state index contributed by atoms with van der Waals surface area (Å²) in [6.45, 7) is 0. The minimum atomic E-state index is -0.905. The fourth-order valence-corrected chi connectivity index (χ4v) is 2.39. The van der Waals surface area contributed by atoms with E-state index in [0.717, 1.165) is 49.1 Å². The molecule has 1 aliphatic carbocycles. The summed E-state index contributed by atoms with van der Waals surface area (Å²) in [7, 11) is 0. The smallest absolute Gasteiger partial charge is 0.161 e. The second kappa shape index (κ2) is 4.57. The van der Waals surface area contributed by atoms with Crippen molar-refractivity contribution in [2.75, 3.05) is 5.73 Å². The summed E-state index contributed by atoms with van der Waals surface area (Å²) >= 11 is 0. The highest BCUT2D eigenvalue weighted by atomic mass is 19.2. The lowest BCUT2D eigenvalue weighted by Gasteiger charge is -2.17. The van der Waals surface area contributed by atoms with Crippen LogP contribution in [0.5, 0.6) is 0 Å². The highest BCUT2D eigenvalue weighted by Gasteiger charge is 2.17. The summed E-state index contributed by atoms with van der Waals surface area (Å²) in [6, 6.07) is 3.63. The average molecular weight is 261 g/mol. The maximum Gasteiger partial charge on any atom is 0.161 e. The van der Waals surface area contributed by atoms with E-state index in [1.807, 2.05) is 0 Å². The first-order valence-electron chi connectivity index (χ1n) is 6.26. The van der Waals surface area contributed by atoms with Gasteiger partial charge in [0.25, 0.3) is 0 Å². The number of hydrogen-bond acceptors (Lipinski definition) is 3. The van der Waals surface area contributed by atoms with Crippen molar-refractivity contribution in [3.63, 3.8) is 0 Å². The average Bonchev–Trinajstić information content (AvgIpc) is 2.42. The number of halogens is 2. The molecule has 3 nitrogen and oxygen atoms in total. The number of benzene rings is 1. The van der Waals surface area contributed by atoms with Crippen LogP contribution >= 0.6 is 0 Å². The lowest BCUT2D eigenvalue weighted by atomic mass is 9.96. The number of aromatic nitrogens is 2. The van der Waals surface area contributed by atoms with Gasteiger partial charge in [-0.05, 0) is 43.9 Å². The molecule has 2 aromatic rings. The molecular formula is C14H13F2N3. The predicted molar refractivity (Wildman–Crippen MR) is 68.4 cm³/mol. The number of hydrogen-bond donors (Lipinski definition) is 1. The molecule has 98 valence electrons. The minimum Gasteiger partial charge on any atom is -0.383 e. The van der Waals surface area contributed by atoms with Crippen molar-refractivity contribution in [3.8, 4) is 11.4 Å².